The lowest BCUT2D eigenvalue weighted by molar-refractivity contribution is -0.104. The summed E-state index contributed by atoms with van der Waals surface area (Å²) in [6.45, 7) is 0. The average Bonchev–Trinajstić information content (AvgIpc) is 2.46. The molecule has 0 bridgehead atoms. The molecule has 2 aromatic carbocycles. The van der Waals surface area contributed by atoms with E-state index in [1.54, 1.807) is 48.5 Å². The number of hydrogen-bond acceptors (Lipinski definition) is 3. The van der Waals surface area contributed by atoms with Gasteiger partial charge in [-0.15, -0.1) is 0 Å². The SMILES string of the molecule is O=CC(=Cc1ccccc1)S(=O)(=O)Cc1ccccc1. The Morgan fingerprint density at radius 1 is 0.900 bits per heavy atom. The molecule has 0 unspecified atom stereocenters. The molecule has 0 aliphatic rings. The normalized spacial score (nSPS) is 12.1. The van der Waals surface area contributed by atoms with E-state index in [2.05, 4.69) is 0 Å². The van der Waals surface area contributed by atoms with Crippen molar-refractivity contribution in [3.05, 3.63) is 76.7 Å². The molecule has 0 aromatic heterocycles. The largest absolute Gasteiger partial charge is 0.297 e. The maximum absolute atomic E-state index is 12.2. The molecule has 2 rings (SSSR count). The third-order valence-corrected chi connectivity index (χ3v) is 4.43. The molecule has 0 saturated heterocycles. The fraction of sp³-hybridized carbons (Fsp3) is 0.0625. The van der Waals surface area contributed by atoms with Crippen molar-refractivity contribution >= 4 is 22.2 Å². The van der Waals surface area contributed by atoms with Crippen molar-refractivity contribution in [1.82, 2.24) is 0 Å². The van der Waals surface area contributed by atoms with E-state index in [4.69, 9.17) is 0 Å². The third-order valence-electron chi connectivity index (χ3n) is 2.78. The van der Waals surface area contributed by atoms with Gasteiger partial charge in [-0.2, -0.15) is 0 Å². The van der Waals surface area contributed by atoms with Crippen LogP contribution in [0.25, 0.3) is 6.08 Å². The summed E-state index contributed by atoms with van der Waals surface area (Å²) in [5, 5.41) is 0. The molecule has 4 heteroatoms. The Morgan fingerprint density at radius 2 is 1.45 bits per heavy atom. The van der Waals surface area contributed by atoms with Gasteiger partial charge in [-0.1, -0.05) is 60.7 Å². The van der Waals surface area contributed by atoms with Gasteiger partial charge in [-0.25, -0.2) is 8.42 Å². The summed E-state index contributed by atoms with van der Waals surface area (Å²) >= 11 is 0. The predicted octanol–water partition coefficient (Wildman–Crippen LogP) is 2.84. The number of hydrogen-bond donors (Lipinski definition) is 0. The molecule has 20 heavy (non-hydrogen) atoms. The molecule has 0 atom stereocenters. The molecule has 0 amide bonds. The highest BCUT2D eigenvalue weighted by atomic mass is 32.2. The van der Waals surface area contributed by atoms with Gasteiger partial charge in [0.05, 0.1) is 5.75 Å². The third kappa shape index (κ3) is 3.65. The first-order valence-electron chi connectivity index (χ1n) is 6.10. The lowest BCUT2D eigenvalue weighted by atomic mass is 10.2. The Labute approximate surface area is 118 Å². The molecule has 0 aliphatic carbocycles. The second-order valence-electron chi connectivity index (χ2n) is 4.32. The Hall–Kier alpha value is -2.20. The average molecular weight is 286 g/mol. The van der Waals surface area contributed by atoms with Crippen LogP contribution in [-0.4, -0.2) is 14.7 Å². The standard InChI is InChI=1S/C16H14O3S/c17-12-16(11-14-7-3-1-4-8-14)20(18,19)13-15-9-5-2-6-10-15/h1-12H,13H2. The molecule has 0 spiro atoms. The van der Waals surface area contributed by atoms with Crippen molar-refractivity contribution in [2.24, 2.45) is 0 Å². The maximum atomic E-state index is 12.2. The summed E-state index contributed by atoms with van der Waals surface area (Å²) in [4.78, 5) is 10.9. The number of carbonyl (C=O) groups is 1. The van der Waals surface area contributed by atoms with E-state index in [1.165, 1.54) is 6.08 Å². The van der Waals surface area contributed by atoms with Gasteiger partial charge in [-0.3, -0.25) is 4.79 Å². The highest BCUT2D eigenvalue weighted by Crippen LogP contribution is 2.16. The zero-order valence-corrected chi connectivity index (χ0v) is 11.6. The maximum Gasteiger partial charge on any atom is 0.185 e. The second-order valence-corrected chi connectivity index (χ2v) is 6.31. The van der Waals surface area contributed by atoms with Gasteiger partial charge >= 0.3 is 0 Å². The number of carbonyl (C=O) groups excluding carboxylic acids is 1. The first kappa shape index (κ1) is 14.2. The summed E-state index contributed by atoms with van der Waals surface area (Å²) < 4.78 is 24.5. The molecular formula is C16H14O3S. The zero-order valence-electron chi connectivity index (χ0n) is 10.8. The molecule has 0 N–H and O–H groups in total. The van der Waals surface area contributed by atoms with Crippen molar-refractivity contribution < 1.29 is 13.2 Å². The Kier molecular flexibility index (Phi) is 4.48. The van der Waals surface area contributed by atoms with E-state index in [1.807, 2.05) is 12.1 Å². The highest BCUT2D eigenvalue weighted by molar-refractivity contribution is 7.95. The number of allylic oxidation sites excluding steroid dienone is 1. The summed E-state index contributed by atoms with van der Waals surface area (Å²) in [6.07, 6.45) is 1.79. The van der Waals surface area contributed by atoms with Gasteiger partial charge in [0, 0.05) is 0 Å². The summed E-state index contributed by atoms with van der Waals surface area (Å²) in [6, 6.07) is 17.7. The van der Waals surface area contributed by atoms with Gasteiger partial charge in [0.2, 0.25) is 0 Å². The van der Waals surface area contributed by atoms with Crippen LogP contribution in [-0.2, 0) is 20.4 Å². The van der Waals surface area contributed by atoms with E-state index >= 15 is 0 Å². The van der Waals surface area contributed by atoms with Crippen LogP contribution in [0, 0.1) is 0 Å². The monoisotopic (exact) mass is 286 g/mol. The number of aldehydes is 1. The lowest BCUT2D eigenvalue weighted by Crippen LogP contribution is -2.08. The molecule has 0 aliphatic heterocycles. The minimum atomic E-state index is -3.63. The van der Waals surface area contributed by atoms with E-state index in [0.717, 1.165) is 0 Å². The highest BCUT2D eigenvalue weighted by Gasteiger charge is 2.18. The fourth-order valence-electron chi connectivity index (χ4n) is 1.79. The number of rotatable bonds is 5. The quantitative estimate of drug-likeness (QED) is 0.627. The Balaban J connectivity index is 2.31. The molecule has 102 valence electrons. The van der Waals surface area contributed by atoms with Crippen LogP contribution in [0.3, 0.4) is 0 Å². The summed E-state index contributed by atoms with van der Waals surface area (Å²) in [5.41, 5.74) is 1.35. The smallest absolute Gasteiger partial charge is 0.185 e. The van der Waals surface area contributed by atoms with Crippen LogP contribution in [0.1, 0.15) is 11.1 Å². The Bertz CT molecular complexity index is 702. The molecule has 0 radical (unpaired) electrons. The van der Waals surface area contributed by atoms with E-state index < -0.39 is 9.84 Å². The second kappa shape index (κ2) is 6.30. The number of sulfone groups is 1. The molecular weight excluding hydrogens is 272 g/mol. The minimum Gasteiger partial charge on any atom is -0.297 e. The van der Waals surface area contributed by atoms with Gasteiger partial charge < -0.3 is 0 Å². The molecule has 0 saturated carbocycles. The molecule has 0 heterocycles. The fourth-order valence-corrected chi connectivity index (χ4v) is 3.05. The molecule has 2 aromatic rings. The van der Waals surface area contributed by atoms with Crippen molar-refractivity contribution in [3.63, 3.8) is 0 Å². The minimum absolute atomic E-state index is 0.175. The van der Waals surface area contributed by atoms with Crippen molar-refractivity contribution in [3.8, 4) is 0 Å². The van der Waals surface area contributed by atoms with E-state index in [9.17, 15) is 13.2 Å². The van der Waals surface area contributed by atoms with Crippen LogP contribution in [0.2, 0.25) is 0 Å². The van der Waals surface area contributed by atoms with Crippen LogP contribution in [0.4, 0.5) is 0 Å². The molecule has 0 fully saturated rings. The van der Waals surface area contributed by atoms with E-state index in [0.29, 0.717) is 17.4 Å². The Morgan fingerprint density at radius 3 is 2.00 bits per heavy atom. The zero-order chi connectivity index (χ0) is 14.4. The van der Waals surface area contributed by atoms with Crippen molar-refractivity contribution in [1.29, 1.82) is 0 Å². The van der Waals surface area contributed by atoms with Gasteiger partial charge in [0.15, 0.2) is 16.1 Å². The van der Waals surface area contributed by atoms with Crippen LogP contribution < -0.4 is 0 Å². The molecule has 3 nitrogen and oxygen atoms in total. The van der Waals surface area contributed by atoms with Crippen molar-refractivity contribution in [2.75, 3.05) is 0 Å². The first-order valence-corrected chi connectivity index (χ1v) is 7.76. The predicted molar refractivity (Wildman–Crippen MR) is 79.5 cm³/mol. The van der Waals surface area contributed by atoms with Gasteiger partial charge in [-0.05, 0) is 17.2 Å². The van der Waals surface area contributed by atoms with Crippen LogP contribution in [0.15, 0.2) is 65.6 Å². The summed E-state index contributed by atoms with van der Waals surface area (Å²) in [7, 11) is -3.63. The van der Waals surface area contributed by atoms with Crippen LogP contribution in [0.5, 0.6) is 0 Å². The topological polar surface area (TPSA) is 51.2 Å². The van der Waals surface area contributed by atoms with Gasteiger partial charge in [0.25, 0.3) is 0 Å². The lowest BCUT2D eigenvalue weighted by Gasteiger charge is -2.04. The van der Waals surface area contributed by atoms with E-state index in [-0.39, 0.29) is 10.7 Å². The van der Waals surface area contributed by atoms with Crippen LogP contribution >= 0.6 is 0 Å². The van der Waals surface area contributed by atoms with Gasteiger partial charge in [0.1, 0.15) is 4.91 Å². The first-order chi connectivity index (χ1) is 9.62. The van der Waals surface area contributed by atoms with Crippen molar-refractivity contribution in [2.45, 2.75) is 5.75 Å². The summed E-state index contributed by atoms with van der Waals surface area (Å²) in [5.74, 6) is -0.175. The number of benzene rings is 2.